The topological polar surface area (TPSA) is 64.2 Å². The Morgan fingerprint density at radius 1 is 1.21 bits per heavy atom. The first-order valence-corrected chi connectivity index (χ1v) is 11.0. The van der Waals surface area contributed by atoms with Crippen molar-refractivity contribution in [3.8, 4) is 0 Å². The lowest BCUT2D eigenvalue weighted by Crippen LogP contribution is -2.36. The Morgan fingerprint density at radius 3 is 2.89 bits per heavy atom. The molecule has 28 heavy (non-hydrogen) atoms. The molecule has 2 aliphatic rings. The molecule has 7 heteroatoms. The van der Waals surface area contributed by atoms with Gasteiger partial charge in [-0.05, 0) is 51.4 Å². The van der Waals surface area contributed by atoms with E-state index in [9.17, 15) is 4.79 Å². The molecule has 0 unspecified atom stereocenters. The van der Waals surface area contributed by atoms with Crippen LogP contribution in [0.15, 0.2) is 38.7 Å². The summed E-state index contributed by atoms with van der Waals surface area (Å²) in [4.78, 5) is 19.9. The normalized spacial score (nSPS) is 18.0. The summed E-state index contributed by atoms with van der Waals surface area (Å²) in [6, 6.07) is 8.10. The zero-order chi connectivity index (χ0) is 19.1. The first-order valence-electron chi connectivity index (χ1n) is 10.0. The number of nitrogens with zero attached hydrogens (tertiary/aromatic N) is 4. The number of likely N-dealkylation sites (tertiary alicyclic amines) is 1. The van der Waals surface area contributed by atoms with E-state index in [4.69, 9.17) is 4.52 Å². The van der Waals surface area contributed by atoms with Crippen molar-refractivity contribution in [3.63, 3.8) is 0 Å². The average molecular weight is 397 g/mol. The van der Waals surface area contributed by atoms with Gasteiger partial charge in [-0.25, -0.2) is 4.98 Å². The molecule has 4 heterocycles. The number of hydrogen-bond acceptors (Lipinski definition) is 6. The zero-order valence-corrected chi connectivity index (χ0v) is 16.9. The molecule has 2 aromatic heterocycles. The lowest BCUT2D eigenvalue weighted by molar-refractivity contribution is 0.211. The fourth-order valence-corrected chi connectivity index (χ4v) is 5.39. The Kier molecular flexibility index (Phi) is 4.72. The van der Waals surface area contributed by atoms with Crippen molar-refractivity contribution < 1.29 is 4.52 Å². The second-order valence-electron chi connectivity index (χ2n) is 7.69. The lowest BCUT2D eigenvalue weighted by atomic mass is 9.91. The summed E-state index contributed by atoms with van der Waals surface area (Å²) in [6.45, 7) is 5.73. The van der Waals surface area contributed by atoms with Crippen molar-refractivity contribution in [3.05, 3.63) is 51.6 Å². The van der Waals surface area contributed by atoms with Crippen LogP contribution in [0.3, 0.4) is 0 Å². The van der Waals surface area contributed by atoms with Crippen LogP contribution in [-0.2, 0) is 13.0 Å². The van der Waals surface area contributed by atoms with E-state index in [1.165, 1.54) is 0 Å². The molecular formula is C21H24N4O2S. The third kappa shape index (κ3) is 3.16. The zero-order valence-electron chi connectivity index (χ0n) is 16.1. The number of para-hydroxylation sites is 1. The lowest BCUT2D eigenvalue weighted by Gasteiger charge is -2.31. The average Bonchev–Trinajstić information content (AvgIpc) is 3.35. The largest absolute Gasteiger partial charge is 0.356 e. The van der Waals surface area contributed by atoms with Crippen LogP contribution in [0.2, 0.25) is 0 Å². The molecular weight excluding hydrogens is 372 g/mol. The van der Waals surface area contributed by atoms with E-state index in [1.807, 2.05) is 29.7 Å². The van der Waals surface area contributed by atoms with Crippen LogP contribution in [-0.4, -0.2) is 45.0 Å². The van der Waals surface area contributed by atoms with Crippen LogP contribution in [0.4, 0.5) is 0 Å². The van der Waals surface area contributed by atoms with Crippen LogP contribution in [0.5, 0.6) is 0 Å². The summed E-state index contributed by atoms with van der Waals surface area (Å²) in [7, 11) is 0. The third-order valence-corrected chi connectivity index (χ3v) is 6.99. The van der Waals surface area contributed by atoms with Crippen LogP contribution in [0, 0.1) is 6.92 Å². The second kappa shape index (κ2) is 7.37. The molecule has 1 aromatic carbocycles. The Hall–Kier alpha value is -2.12. The van der Waals surface area contributed by atoms with E-state index < -0.39 is 0 Å². The number of aryl methyl sites for hydroxylation is 1. The number of piperidine rings is 1. The van der Waals surface area contributed by atoms with E-state index in [2.05, 4.69) is 21.1 Å². The number of benzene rings is 1. The van der Waals surface area contributed by atoms with Crippen LogP contribution in [0.1, 0.15) is 35.7 Å². The Labute approximate surface area is 167 Å². The van der Waals surface area contributed by atoms with Gasteiger partial charge in [0.2, 0.25) is 0 Å². The minimum atomic E-state index is 0.163. The highest BCUT2D eigenvalue weighted by Gasteiger charge is 2.25. The van der Waals surface area contributed by atoms with Gasteiger partial charge in [0.25, 0.3) is 5.56 Å². The first kappa shape index (κ1) is 17.9. The molecule has 1 fully saturated rings. The van der Waals surface area contributed by atoms with Crippen molar-refractivity contribution in [2.45, 2.75) is 43.8 Å². The van der Waals surface area contributed by atoms with Gasteiger partial charge in [0.05, 0.1) is 5.69 Å². The van der Waals surface area contributed by atoms with Crippen molar-refractivity contribution in [1.82, 2.24) is 19.6 Å². The molecule has 146 valence electrons. The molecule has 0 saturated carbocycles. The van der Waals surface area contributed by atoms with E-state index in [1.54, 1.807) is 11.8 Å². The summed E-state index contributed by atoms with van der Waals surface area (Å²) in [5, 5.41) is 6.37. The van der Waals surface area contributed by atoms with E-state index in [0.717, 1.165) is 84.3 Å². The Bertz CT molecular complexity index is 1070. The maximum Gasteiger partial charge on any atom is 0.257 e. The quantitative estimate of drug-likeness (QED) is 0.631. The molecule has 3 aromatic rings. The highest BCUT2D eigenvalue weighted by atomic mass is 32.2. The molecule has 0 atom stereocenters. The van der Waals surface area contributed by atoms with E-state index in [-0.39, 0.29) is 5.56 Å². The standard InChI is InChI=1S/C21H24N4O2S/c1-14-16(20(26)25-12-13-28-21(25)22-14)8-11-24-9-6-15(7-10-24)19-17-4-2-3-5-18(17)27-23-19/h2-5,15H,6-13H2,1H3. The monoisotopic (exact) mass is 396 g/mol. The molecule has 1 saturated heterocycles. The highest BCUT2D eigenvalue weighted by molar-refractivity contribution is 7.99. The number of fused-ring (bicyclic) bond motifs is 2. The van der Waals surface area contributed by atoms with Gasteiger partial charge in [-0.2, -0.15) is 0 Å². The van der Waals surface area contributed by atoms with Crippen molar-refractivity contribution in [1.29, 1.82) is 0 Å². The number of hydrogen-bond donors (Lipinski definition) is 0. The number of thioether (sulfide) groups is 1. The predicted molar refractivity (Wildman–Crippen MR) is 110 cm³/mol. The maximum atomic E-state index is 12.8. The summed E-state index contributed by atoms with van der Waals surface area (Å²) >= 11 is 1.68. The van der Waals surface area contributed by atoms with Crippen LogP contribution < -0.4 is 5.56 Å². The highest BCUT2D eigenvalue weighted by Crippen LogP contribution is 2.32. The maximum absolute atomic E-state index is 12.8. The smallest absolute Gasteiger partial charge is 0.257 e. The van der Waals surface area contributed by atoms with Crippen molar-refractivity contribution in [2.24, 2.45) is 0 Å². The number of aromatic nitrogens is 3. The third-order valence-electron chi connectivity index (χ3n) is 6.04. The minimum Gasteiger partial charge on any atom is -0.356 e. The van der Waals surface area contributed by atoms with E-state index in [0.29, 0.717) is 5.92 Å². The number of rotatable bonds is 4. The van der Waals surface area contributed by atoms with Crippen molar-refractivity contribution in [2.75, 3.05) is 25.4 Å². The van der Waals surface area contributed by atoms with Gasteiger partial charge < -0.3 is 9.42 Å². The molecule has 6 nitrogen and oxygen atoms in total. The molecule has 2 aliphatic heterocycles. The molecule has 0 radical (unpaired) electrons. The second-order valence-corrected chi connectivity index (χ2v) is 8.76. The van der Waals surface area contributed by atoms with Gasteiger partial charge in [0, 0.05) is 41.4 Å². The van der Waals surface area contributed by atoms with Gasteiger partial charge in [0.15, 0.2) is 10.7 Å². The fourth-order valence-electron chi connectivity index (χ4n) is 4.40. The molecule has 0 N–H and O–H groups in total. The molecule has 0 aliphatic carbocycles. The SMILES string of the molecule is Cc1nc2n(c(=O)c1CCN1CCC(c3noc4ccccc34)CC1)CCS2. The fraction of sp³-hybridized carbons (Fsp3) is 0.476. The Balaban J connectivity index is 1.23. The van der Waals surface area contributed by atoms with Gasteiger partial charge in [-0.15, -0.1) is 0 Å². The summed E-state index contributed by atoms with van der Waals surface area (Å²) < 4.78 is 7.33. The van der Waals surface area contributed by atoms with Gasteiger partial charge in [-0.3, -0.25) is 9.36 Å². The minimum absolute atomic E-state index is 0.163. The van der Waals surface area contributed by atoms with Crippen molar-refractivity contribution >= 4 is 22.7 Å². The summed E-state index contributed by atoms with van der Waals surface area (Å²) in [5.41, 5.74) is 3.92. The van der Waals surface area contributed by atoms with Gasteiger partial charge >= 0.3 is 0 Å². The molecule has 0 bridgehead atoms. The molecule has 5 rings (SSSR count). The van der Waals surface area contributed by atoms with Gasteiger partial charge in [0.1, 0.15) is 0 Å². The Morgan fingerprint density at radius 2 is 2.04 bits per heavy atom. The van der Waals surface area contributed by atoms with E-state index >= 15 is 0 Å². The molecule has 0 spiro atoms. The first-order chi connectivity index (χ1) is 13.7. The van der Waals surface area contributed by atoms with Crippen LogP contribution >= 0.6 is 11.8 Å². The molecule has 0 amide bonds. The van der Waals surface area contributed by atoms with Crippen LogP contribution in [0.25, 0.3) is 11.0 Å². The predicted octanol–water partition coefficient (Wildman–Crippen LogP) is 3.22. The van der Waals surface area contributed by atoms with Gasteiger partial charge in [-0.1, -0.05) is 29.1 Å². The summed E-state index contributed by atoms with van der Waals surface area (Å²) in [6.07, 6.45) is 2.93. The summed E-state index contributed by atoms with van der Waals surface area (Å²) in [5.74, 6) is 1.40.